The first kappa shape index (κ1) is 13.9. The molecule has 0 unspecified atom stereocenters. The van der Waals surface area contributed by atoms with Gasteiger partial charge in [-0.05, 0) is 57.6 Å². The molecule has 1 aromatic heterocycles. The lowest BCUT2D eigenvalue weighted by Crippen LogP contribution is -2.41. The molecule has 1 aliphatic carbocycles. The summed E-state index contributed by atoms with van der Waals surface area (Å²) in [6.45, 7) is 6.55. The summed E-state index contributed by atoms with van der Waals surface area (Å²) in [5.41, 5.74) is 3.19. The summed E-state index contributed by atoms with van der Waals surface area (Å²) in [7, 11) is 2.04. The van der Waals surface area contributed by atoms with Crippen molar-refractivity contribution in [2.24, 2.45) is 0 Å². The molecule has 0 spiro atoms. The Labute approximate surface area is 116 Å². The van der Waals surface area contributed by atoms with Gasteiger partial charge in [-0.15, -0.1) is 0 Å². The zero-order valence-corrected chi connectivity index (χ0v) is 12.5. The molecule has 0 N–H and O–H groups in total. The average Bonchev–Trinajstić information content (AvgIpc) is 2.44. The molecule has 0 atom stereocenters. The summed E-state index contributed by atoms with van der Waals surface area (Å²) in [5, 5.41) is 9.39. The minimum absolute atomic E-state index is 0.0154. The van der Waals surface area contributed by atoms with Crippen molar-refractivity contribution in [3.05, 3.63) is 22.9 Å². The molecule has 0 bridgehead atoms. The molecule has 0 aromatic carbocycles. The highest BCUT2D eigenvalue weighted by molar-refractivity contribution is 5.57. The largest absolute Gasteiger partial charge is 0.353 e. The summed E-state index contributed by atoms with van der Waals surface area (Å²) >= 11 is 0. The average molecular weight is 257 g/mol. The van der Waals surface area contributed by atoms with E-state index >= 15 is 0 Å². The van der Waals surface area contributed by atoms with Crippen LogP contribution in [0.4, 0.5) is 5.82 Å². The molecule has 1 aromatic rings. The van der Waals surface area contributed by atoms with Crippen molar-refractivity contribution < 1.29 is 0 Å². The molecule has 1 aliphatic rings. The van der Waals surface area contributed by atoms with Crippen LogP contribution in [0.15, 0.2) is 6.07 Å². The van der Waals surface area contributed by atoms with Crippen molar-refractivity contribution in [2.45, 2.75) is 58.4 Å². The maximum atomic E-state index is 9.39. The van der Waals surface area contributed by atoms with Gasteiger partial charge in [-0.3, -0.25) is 0 Å². The summed E-state index contributed by atoms with van der Waals surface area (Å²) in [5.74, 6) is 0.843. The number of hydrogen-bond acceptors (Lipinski definition) is 3. The Morgan fingerprint density at radius 2 is 2.05 bits per heavy atom. The molecule has 1 heterocycles. The third-order valence-corrected chi connectivity index (χ3v) is 4.49. The number of aryl methyl sites for hydroxylation is 2. The molecule has 0 fully saturated rings. The van der Waals surface area contributed by atoms with Crippen molar-refractivity contribution in [1.82, 2.24) is 4.98 Å². The van der Waals surface area contributed by atoms with Gasteiger partial charge < -0.3 is 4.90 Å². The Morgan fingerprint density at radius 1 is 1.37 bits per heavy atom. The van der Waals surface area contributed by atoms with E-state index in [1.165, 1.54) is 24.1 Å². The van der Waals surface area contributed by atoms with E-state index in [4.69, 9.17) is 4.98 Å². The molecule has 3 heteroatoms. The molecule has 0 saturated carbocycles. The van der Waals surface area contributed by atoms with E-state index in [2.05, 4.69) is 37.8 Å². The zero-order valence-electron chi connectivity index (χ0n) is 12.5. The molecule has 0 saturated heterocycles. The highest BCUT2D eigenvalue weighted by atomic mass is 15.2. The van der Waals surface area contributed by atoms with Crippen molar-refractivity contribution in [3.63, 3.8) is 0 Å². The maximum Gasteiger partial charge on any atom is 0.147 e. The lowest BCUT2D eigenvalue weighted by Gasteiger charge is -2.36. The smallest absolute Gasteiger partial charge is 0.147 e. The number of pyridine rings is 1. The van der Waals surface area contributed by atoms with Crippen molar-refractivity contribution >= 4 is 5.82 Å². The number of nitrogens with zero attached hydrogens (tertiary/aromatic N) is 3. The fraction of sp³-hybridized carbons (Fsp3) is 0.625. The van der Waals surface area contributed by atoms with Crippen LogP contribution in [-0.2, 0) is 12.8 Å². The Balaban J connectivity index is 2.48. The van der Waals surface area contributed by atoms with Crippen molar-refractivity contribution in [2.75, 3.05) is 11.9 Å². The minimum Gasteiger partial charge on any atom is -0.353 e. The van der Waals surface area contributed by atoms with Crippen LogP contribution in [-0.4, -0.2) is 17.6 Å². The van der Waals surface area contributed by atoms with E-state index in [9.17, 15) is 5.26 Å². The first-order chi connectivity index (χ1) is 8.99. The van der Waals surface area contributed by atoms with E-state index in [0.717, 1.165) is 25.1 Å². The van der Waals surface area contributed by atoms with Crippen molar-refractivity contribution in [1.29, 1.82) is 5.26 Å². The number of fused-ring (bicyclic) bond motifs is 1. The van der Waals surface area contributed by atoms with Gasteiger partial charge in [0.05, 0.1) is 5.56 Å². The summed E-state index contributed by atoms with van der Waals surface area (Å²) < 4.78 is 0. The van der Waals surface area contributed by atoms with Gasteiger partial charge in [-0.2, -0.15) is 5.26 Å². The topological polar surface area (TPSA) is 39.9 Å². The van der Waals surface area contributed by atoms with Gasteiger partial charge in [0.15, 0.2) is 0 Å². The SMILES string of the molecule is CCC(C)(C)N(C)c1nc2c(cc1C#N)CCCC2. The normalized spacial score (nSPS) is 14.7. The minimum atomic E-state index is 0.0154. The predicted molar refractivity (Wildman–Crippen MR) is 78.4 cm³/mol. The van der Waals surface area contributed by atoms with Crippen LogP contribution >= 0.6 is 0 Å². The van der Waals surface area contributed by atoms with Crippen LogP contribution in [0, 0.1) is 11.3 Å². The summed E-state index contributed by atoms with van der Waals surface area (Å²) in [6, 6.07) is 4.37. The Hall–Kier alpha value is -1.56. The van der Waals surface area contributed by atoms with Gasteiger partial charge in [0, 0.05) is 18.3 Å². The van der Waals surface area contributed by atoms with E-state index in [0.29, 0.717) is 5.56 Å². The Bertz CT molecular complexity index is 511. The number of nitriles is 1. The molecule has 0 amide bonds. The lowest BCUT2D eigenvalue weighted by atomic mass is 9.94. The van der Waals surface area contributed by atoms with Gasteiger partial charge in [-0.25, -0.2) is 4.98 Å². The molecular formula is C16H23N3. The second-order valence-electron chi connectivity index (χ2n) is 6.01. The molecule has 3 nitrogen and oxygen atoms in total. The molecule has 2 rings (SSSR count). The fourth-order valence-electron chi connectivity index (χ4n) is 2.48. The van der Waals surface area contributed by atoms with Gasteiger partial charge in [0.25, 0.3) is 0 Å². The highest BCUT2D eigenvalue weighted by Gasteiger charge is 2.26. The molecule has 0 radical (unpaired) electrons. The predicted octanol–water partition coefficient (Wildman–Crippen LogP) is 3.46. The van der Waals surface area contributed by atoms with Crippen LogP contribution in [0.5, 0.6) is 0 Å². The highest BCUT2D eigenvalue weighted by Crippen LogP contribution is 2.30. The van der Waals surface area contributed by atoms with Crippen LogP contribution < -0.4 is 4.90 Å². The van der Waals surface area contributed by atoms with E-state index in [1.807, 2.05) is 7.05 Å². The quantitative estimate of drug-likeness (QED) is 0.832. The zero-order chi connectivity index (χ0) is 14.0. The second-order valence-corrected chi connectivity index (χ2v) is 6.01. The second kappa shape index (κ2) is 5.21. The number of hydrogen-bond donors (Lipinski definition) is 0. The molecule has 19 heavy (non-hydrogen) atoms. The number of aromatic nitrogens is 1. The number of anilines is 1. The first-order valence-corrected chi connectivity index (χ1v) is 7.16. The van der Waals surface area contributed by atoms with Crippen LogP contribution in [0.25, 0.3) is 0 Å². The summed E-state index contributed by atoms with van der Waals surface area (Å²) in [6.07, 6.45) is 5.57. The maximum absolute atomic E-state index is 9.39. The van der Waals surface area contributed by atoms with E-state index in [1.54, 1.807) is 0 Å². The van der Waals surface area contributed by atoms with Gasteiger partial charge in [0.2, 0.25) is 0 Å². The van der Waals surface area contributed by atoms with Crippen LogP contribution in [0.1, 0.15) is 56.9 Å². The fourth-order valence-corrected chi connectivity index (χ4v) is 2.48. The molecule has 102 valence electrons. The first-order valence-electron chi connectivity index (χ1n) is 7.16. The van der Waals surface area contributed by atoms with Gasteiger partial charge >= 0.3 is 0 Å². The molecule has 0 aliphatic heterocycles. The third-order valence-electron chi connectivity index (χ3n) is 4.49. The molecular weight excluding hydrogens is 234 g/mol. The monoisotopic (exact) mass is 257 g/mol. The summed E-state index contributed by atoms with van der Waals surface area (Å²) in [4.78, 5) is 6.95. The van der Waals surface area contributed by atoms with E-state index < -0.39 is 0 Å². The third kappa shape index (κ3) is 2.58. The van der Waals surface area contributed by atoms with Crippen molar-refractivity contribution in [3.8, 4) is 6.07 Å². The van der Waals surface area contributed by atoms with E-state index in [-0.39, 0.29) is 5.54 Å². The van der Waals surface area contributed by atoms with Crippen LogP contribution in [0.3, 0.4) is 0 Å². The lowest BCUT2D eigenvalue weighted by molar-refractivity contribution is 0.466. The van der Waals surface area contributed by atoms with Crippen LogP contribution in [0.2, 0.25) is 0 Å². The standard InChI is InChI=1S/C16H23N3/c1-5-16(2,3)19(4)15-13(11-17)10-12-8-6-7-9-14(12)18-15/h10H,5-9H2,1-4H3. The van der Waals surface area contributed by atoms with Gasteiger partial charge in [-0.1, -0.05) is 6.92 Å². The number of rotatable bonds is 3. The Morgan fingerprint density at radius 3 is 2.68 bits per heavy atom. The Kier molecular flexibility index (Phi) is 3.80. The van der Waals surface area contributed by atoms with Gasteiger partial charge in [0.1, 0.15) is 11.9 Å².